The second kappa shape index (κ2) is 7.72. The maximum Gasteiger partial charge on any atom is 0.173 e. The van der Waals surface area contributed by atoms with Crippen molar-refractivity contribution in [3.63, 3.8) is 0 Å². The fraction of sp³-hybridized carbons (Fsp3) is 0.294. The molecule has 1 aliphatic rings. The zero-order valence-electron chi connectivity index (χ0n) is 12.0. The monoisotopic (exact) mass is 321 g/mol. The molecule has 118 valence electrons. The molecule has 1 fully saturated rings. The number of rotatable bonds is 2. The second-order valence-electron chi connectivity index (χ2n) is 5.17. The molecule has 0 saturated carbocycles. The van der Waals surface area contributed by atoms with Crippen molar-refractivity contribution in [1.29, 1.82) is 0 Å². The molecule has 0 aliphatic carbocycles. The van der Waals surface area contributed by atoms with E-state index < -0.39 is 12.3 Å². The Balaban J connectivity index is 0.00000176. The van der Waals surface area contributed by atoms with Gasteiger partial charge in [-0.3, -0.25) is 0 Å². The van der Waals surface area contributed by atoms with E-state index in [0.717, 1.165) is 11.1 Å². The van der Waals surface area contributed by atoms with Crippen LogP contribution in [0.5, 0.6) is 0 Å². The molecule has 5 heteroatoms. The van der Waals surface area contributed by atoms with Gasteiger partial charge in [0.15, 0.2) is 6.29 Å². The molecule has 1 aliphatic heterocycles. The van der Waals surface area contributed by atoms with Crippen LogP contribution in [0.15, 0.2) is 60.7 Å². The van der Waals surface area contributed by atoms with E-state index in [1.807, 2.05) is 60.7 Å². The van der Waals surface area contributed by atoms with Gasteiger partial charge in [0.1, 0.15) is 12.2 Å². The summed E-state index contributed by atoms with van der Waals surface area (Å²) in [4.78, 5) is 0. The van der Waals surface area contributed by atoms with Crippen LogP contribution in [-0.4, -0.2) is 24.0 Å². The minimum Gasteiger partial charge on any atom is -0.369 e. The Morgan fingerprint density at radius 3 is 2.05 bits per heavy atom. The molecule has 3 N–H and O–H groups in total. The number of benzene rings is 2. The molecule has 4 atom stereocenters. The molecular weight excluding hydrogens is 302 g/mol. The summed E-state index contributed by atoms with van der Waals surface area (Å²) in [6.07, 6.45) is -1.77. The lowest BCUT2D eigenvalue weighted by atomic mass is 10.0. The van der Waals surface area contributed by atoms with Crippen molar-refractivity contribution >= 4 is 12.4 Å². The molecule has 3 rings (SSSR count). The third-order valence-electron chi connectivity index (χ3n) is 3.71. The van der Waals surface area contributed by atoms with E-state index in [0.29, 0.717) is 6.61 Å². The van der Waals surface area contributed by atoms with Crippen molar-refractivity contribution in [2.45, 2.75) is 24.5 Å². The van der Waals surface area contributed by atoms with Gasteiger partial charge in [-0.2, -0.15) is 0 Å². The second-order valence-corrected chi connectivity index (χ2v) is 5.17. The van der Waals surface area contributed by atoms with Gasteiger partial charge in [0.05, 0.1) is 12.6 Å². The van der Waals surface area contributed by atoms with Crippen molar-refractivity contribution < 1.29 is 14.6 Å². The van der Waals surface area contributed by atoms with Crippen LogP contribution in [-0.2, 0) is 9.47 Å². The highest BCUT2D eigenvalue weighted by Gasteiger charge is 2.34. The Labute approximate surface area is 136 Å². The number of halogens is 1. The van der Waals surface area contributed by atoms with Crippen LogP contribution in [0.1, 0.15) is 23.3 Å². The first kappa shape index (κ1) is 16.9. The highest BCUT2D eigenvalue weighted by Crippen LogP contribution is 2.31. The normalized spacial score (nSPS) is 28.5. The summed E-state index contributed by atoms with van der Waals surface area (Å²) >= 11 is 0. The summed E-state index contributed by atoms with van der Waals surface area (Å²) in [5.74, 6) is 0. The van der Waals surface area contributed by atoms with Crippen molar-refractivity contribution in [1.82, 2.24) is 0 Å². The Morgan fingerprint density at radius 2 is 1.45 bits per heavy atom. The molecule has 22 heavy (non-hydrogen) atoms. The van der Waals surface area contributed by atoms with Crippen LogP contribution in [0.3, 0.4) is 0 Å². The van der Waals surface area contributed by atoms with Crippen molar-refractivity contribution in [2.24, 2.45) is 5.73 Å². The molecule has 1 saturated heterocycles. The highest BCUT2D eigenvalue weighted by molar-refractivity contribution is 5.85. The maximum atomic E-state index is 10.2. The van der Waals surface area contributed by atoms with Gasteiger partial charge in [-0.15, -0.1) is 12.4 Å². The van der Waals surface area contributed by atoms with Gasteiger partial charge in [0, 0.05) is 0 Å². The molecule has 0 amide bonds. The van der Waals surface area contributed by atoms with Gasteiger partial charge in [-0.1, -0.05) is 60.7 Å². The van der Waals surface area contributed by atoms with E-state index in [9.17, 15) is 5.11 Å². The maximum absolute atomic E-state index is 10.2. The van der Waals surface area contributed by atoms with Gasteiger partial charge < -0.3 is 20.3 Å². The summed E-state index contributed by atoms with van der Waals surface area (Å²) in [6, 6.07) is 18.8. The lowest BCUT2D eigenvalue weighted by Gasteiger charge is -2.24. The minimum absolute atomic E-state index is 0. The molecular formula is C17H20ClNO3. The molecule has 0 spiro atoms. The van der Waals surface area contributed by atoms with Gasteiger partial charge in [-0.25, -0.2) is 0 Å². The number of aliphatic hydroxyl groups is 1. The van der Waals surface area contributed by atoms with E-state index in [-0.39, 0.29) is 24.6 Å². The van der Waals surface area contributed by atoms with Crippen molar-refractivity contribution in [3.8, 4) is 0 Å². The molecule has 2 aromatic rings. The number of aliphatic hydroxyl groups excluding tert-OH is 1. The molecule has 4 unspecified atom stereocenters. The molecule has 0 bridgehead atoms. The van der Waals surface area contributed by atoms with Crippen LogP contribution in [0.25, 0.3) is 0 Å². The highest BCUT2D eigenvalue weighted by atomic mass is 35.5. The summed E-state index contributed by atoms with van der Waals surface area (Å²) in [5.41, 5.74) is 8.01. The minimum atomic E-state index is -1.07. The Kier molecular flexibility index (Phi) is 5.94. The van der Waals surface area contributed by atoms with Crippen LogP contribution in [0.2, 0.25) is 0 Å². The fourth-order valence-electron chi connectivity index (χ4n) is 2.55. The molecule has 0 radical (unpaired) electrons. The van der Waals surface area contributed by atoms with Gasteiger partial charge in [-0.05, 0) is 11.1 Å². The summed E-state index contributed by atoms with van der Waals surface area (Å²) in [6.45, 7) is 0.355. The van der Waals surface area contributed by atoms with Crippen LogP contribution >= 0.6 is 12.4 Å². The van der Waals surface area contributed by atoms with Crippen LogP contribution in [0, 0.1) is 0 Å². The van der Waals surface area contributed by atoms with Crippen molar-refractivity contribution in [2.75, 3.05) is 6.61 Å². The Hall–Kier alpha value is -1.43. The predicted molar refractivity (Wildman–Crippen MR) is 86.6 cm³/mol. The quantitative estimate of drug-likeness (QED) is 0.892. The smallest absolute Gasteiger partial charge is 0.173 e. The lowest BCUT2D eigenvalue weighted by Crippen LogP contribution is -2.40. The number of nitrogens with two attached hydrogens (primary N) is 1. The third kappa shape index (κ3) is 3.66. The van der Waals surface area contributed by atoms with Crippen LogP contribution in [0.4, 0.5) is 0 Å². The zero-order chi connectivity index (χ0) is 14.7. The van der Waals surface area contributed by atoms with Crippen LogP contribution < -0.4 is 5.73 Å². The first-order chi connectivity index (χ1) is 10.3. The van der Waals surface area contributed by atoms with Gasteiger partial charge >= 0.3 is 0 Å². The molecule has 1 heterocycles. The fourth-order valence-corrected chi connectivity index (χ4v) is 2.55. The largest absolute Gasteiger partial charge is 0.369 e. The SMILES string of the molecule is Cl.NC1C(O)OC(c2ccccc2)COC1c1ccccc1. The van der Waals surface area contributed by atoms with E-state index in [4.69, 9.17) is 15.2 Å². The first-order valence-electron chi connectivity index (χ1n) is 7.06. The summed E-state index contributed by atoms with van der Waals surface area (Å²) in [5, 5.41) is 10.2. The third-order valence-corrected chi connectivity index (χ3v) is 3.71. The Bertz CT molecular complexity index is 567. The predicted octanol–water partition coefficient (Wildman–Crippen LogP) is 2.58. The average Bonchev–Trinajstić information content (AvgIpc) is 2.69. The van der Waals surface area contributed by atoms with Gasteiger partial charge in [0.25, 0.3) is 0 Å². The topological polar surface area (TPSA) is 64.7 Å². The number of hydrogen-bond donors (Lipinski definition) is 2. The number of hydrogen-bond acceptors (Lipinski definition) is 4. The lowest BCUT2D eigenvalue weighted by molar-refractivity contribution is -0.140. The van der Waals surface area contributed by atoms with E-state index in [1.54, 1.807) is 0 Å². The average molecular weight is 322 g/mol. The van der Waals surface area contributed by atoms with E-state index in [1.165, 1.54) is 0 Å². The van der Waals surface area contributed by atoms with Crippen molar-refractivity contribution in [3.05, 3.63) is 71.8 Å². The van der Waals surface area contributed by atoms with E-state index in [2.05, 4.69) is 0 Å². The first-order valence-corrected chi connectivity index (χ1v) is 7.06. The van der Waals surface area contributed by atoms with E-state index >= 15 is 0 Å². The summed E-state index contributed by atoms with van der Waals surface area (Å²) in [7, 11) is 0. The molecule has 0 aromatic heterocycles. The summed E-state index contributed by atoms with van der Waals surface area (Å²) < 4.78 is 11.6. The zero-order valence-corrected chi connectivity index (χ0v) is 12.9. The van der Waals surface area contributed by atoms with Gasteiger partial charge in [0.2, 0.25) is 0 Å². The number of ether oxygens (including phenoxy) is 2. The Morgan fingerprint density at radius 1 is 0.909 bits per heavy atom. The molecule has 2 aromatic carbocycles. The standard InChI is InChI=1S/C17H19NO3.ClH/c18-15-16(13-9-5-2-6-10-13)20-11-14(21-17(15)19)12-7-3-1-4-8-12;/h1-10,14-17,19H,11,18H2;1H. The molecule has 4 nitrogen and oxygen atoms in total.